The first-order chi connectivity index (χ1) is 9.52. The van der Waals surface area contributed by atoms with Gasteiger partial charge in [0.25, 0.3) is 0 Å². The van der Waals surface area contributed by atoms with Crippen molar-refractivity contribution in [2.75, 3.05) is 13.6 Å². The van der Waals surface area contributed by atoms with Crippen LogP contribution in [0.5, 0.6) is 0 Å². The van der Waals surface area contributed by atoms with Gasteiger partial charge in [0, 0.05) is 37.1 Å². The van der Waals surface area contributed by atoms with E-state index in [1.54, 1.807) is 0 Å². The van der Waals surface area contributed by atoms with Crippen LogP contribution in [0.1, 0.15) is 28.7 Å². The summed E-state index contributed by atoms with van der Waals surface area (Å²) in [7, 11) is 4.03. The summed E-state index contributed by atoms with van der Waals surface area (Å²) in [5, 5.41) is 4.31. The number of aromatic nitrogens is 3. The van der Waals surface area contributed by atoms with E-state index in [0.29, 0.717) is 6.54 Å². The molecule has 0 saturated heterocycles. The van der Waals surface area contributed by atoms with Crippen molar-refractivity contribution >= 4 is 0 Å². The predicted octanol–water partition coefficient (Wildman–Crippen LogP) is 1.56. The van der Waals surface area contributed by atoms with Crippen LogP contribution in [-0.2, 0) is 13.6 Å². The zero-order chi connectivity index (χ0) is 14.7. The smallest absolute Gasteiger partial charge is 0.0547 e. The lowest BCUT2D eigenvalue weighted by Gasteiger charge is -2.26. The average Bonchev–Trinajstić information content (AvgIpc) is 2.72. The highest BCUT2D eigenvalue weighted by molar-refractivity contribution is 5.21. The highest BCUT2D eigenvalue weighted by atomic mass is 15.3. The molecule has 0 aliphatic rings. The van der Waals surface area contributed by atoms with Crippen molar-refractivity contribution in [2.45, 2.75) is 26.4 Å². The van der Waals surface area contributed by atoms with E-state index in [0.717, 1.165) is 23.6 Å². The molecule has 0 aromatic carbocycles. The van der Waals surface area contributed by atoms with E-state index in [2.05, 4.69) is 29.0 Å². The van der Waals surface area contributed by atoms with Gasteiger partial charge in [-0.15, -0.1) is 0 Å². The van der Waals surface area contributed by atoms with Crippen molar-refractivity contribution in [3.05, 3.63) is 47.0 Å². The van der Waals surface area contributed by atoms with Crippen LogP contribution in [0.2, 0.25) is 0 Å². The molecule has 108 valence electrons. The fraction of sp³-hybridized carbons (Fsp3) is 0.467. The summed E-state index contributed by atoms with van der Waals surface area (Å²) in [6.45, 7) is 5.42. The Morgan fingerprint density at radius 2 is 2.10 bits per heavy atom. The van der Waals surface area contributed by atoms with Gasteiger partial charge in [-0.1, -0.05) is 6.07 Å². The third kappa shape index (κ3) is 3.05. The first kappa shape index (κ1) is 14.7. The minimum atomic E-state index is 0.158. The zero-order valence-electron chi connectivity index (χ0n) is 12.7. The lowest BCUT2D eigenvalue weighted by atomic mass is 10.1. The van der Waals surface area contributed by atoms with E-state index in [1.807, 2.05) is 43.0 Å². The number of nitrogens with two attached hydrogens (primary N) is 1. The normalized spacial score (nSPS) is 12.9. The Bertz CT molecular complexity index is 575. The highest BCUT2D eigenvalue weighted by Crippen LogP contribution is 2.22. The molecule has 5 nitrogen and oxygen atoms in total. The number of likely N-dealkylation sites (N-methyl/N-ethyl adjacent to an activating group) is 1. The molecule has 0 saturated carbocycles. The third-order valence-corrected chi connectivity index (χ3v) is 3.74. The topological polar surface area (TPSA) is 60.0 Å². The molecule has 0 aliphatic carbocycles. The molecule has 2 heterocycles. The Kier molecular flexibility index (Phi) is 4.52. The lowest BCUT2D eigenvalue weighted by Crippen LogP contribution is -2.30. The molecule has 20 heavy (non-hydrogen) atoms. The van der Waals surface area contributed by atoms with Gasteiger partial charge in [0.2, 0.25) is 0 Å². The van der Waals surface area contributed by atoms with Crippen molar-refractivity contribution in [1.29, 1.82) is 0 Å². The third-order valence-electron chi connectivity index (χ3n) is 3.74. The second-order valence-electron chi connectivity index (χ2n) is 5.25. The Balaban J connectivity index is 2.17. The molecule has 2 aromatic heterocycles. The fourth-order valence-electron chi connectivity index (χ4n) is 2.44. The minimum absolute atomic E-state index is 0.158. The molecule has 0 amide bonds. The molecule has 0 aliphatic heterocycles. The standard InChI is InChI=1S/C15H23N5/c1-11-6-5-7-13(18-11)10-19(3)15(8-16)14-9-17-20(4)12(14)2/h5-7,9,15H,8,10,16H2,1-4H3. The second kappa shape index (κ2) is 6.15. The van der Waals surface area contributed by atoms with Crippen LogP contribution in [0.3, 0.4) is 0 Å². The summed E-state index contributed by atoms with van der Waals surface area (Å²) in [4.78, 5) is 6.78. The average molecular weight is 273 g/mol. The van der Waals surface area contributed by atoms with Crippen LogP contribution in [0.4, 0.5) is 0 Å². The summed E-state index contributed by atoms with van der Waals surface area (Å²) < 4.78 is 1.89. The molecule has 1 atom stereocenters. The highest BCUT2D eigenvalue weighted by Gasteiger charge is 2.20. The maximum atomic E-state index is 5.97. The molecule has 2 rings (SSSR count). The Morgan fingerprint density at radius 1 is 1.35 bits per heavy atom. The number of pyridine rings is 1. The zero-order valence-corrected chi connectivity index (χ0v) is 12.7. The monoisotopic (exact) mass is 273 g/mol. The molecule has 2 aromatic rings. The van der Waals surface area contributed by atoms with Crippen LogP contribution in [0.25, 0.3) is 0 Å². The Hall–Kier alpha value is -1.72. The van der Waals surface area contributed by atoms with E-state index in [4.69, 9.17) is 5.73 Å². The van der Waals surface area contributed by atoms with Crippen molar-refractivity contribution in [3.8, 4) is 0 Å². The van der Waals surface area contributed by atoms with Gasteiger partial charge in [0.15, 0.2) is 0 Å². The molecular weight excluding hydrogens is 250 g/mol. The molecule has 0 bridgehead atoms. The van der Waals surface area contributed by atoms with Gasteiger partial charge in [0.1, 0.15) is 0 Å². The summed E-state index contributed by atoms with van der Waals surface area (Å²) in [5.41, 5.74) is 10.4. The summed E-state index contributed by atoms with van der Waals surface area (Å²) in [6.07, 6.45) is 1.91. The first-order valence-corrected chi connectivity index (χ1v) is 6.84. The summed E-state index contributed by atoms with van der Waals surface area (Å²) in [5.74, 6) is 0. The van der Waals surface area contributed by atoms with Gasteiger partial charge in [-0.25, -0.2) is 0 Å². The number of rotatable bonds is 5. The van der Waals surface area contributed by atoms with Gasteiger partial charge in [-0.05, 0) is 33.0 Å². The Morgan fingerprint density at radius 3 is 2.65 bits per heavy atom. The predicted molar refractivity (Wildman–Crippen MR) is 80.2 cm³/mol. The molecule has 0 radical (unpaired) electrons. The van der Waals surface area contributed by atoms with Crippen LogP contribution in [0, 0.1) is 13.8 Å². The van der Waals surface area contributed by atoms with E-state index >= 15 is 0 Å². The molecule has 5 heteroatoms. The molecular formula is C15H23N5. The summed E-state index contributed by atoms with van der Waals surface area (Å²) >= 11 is 0. The molecule has 1 unspecified atom stereocenters. The molecule has 2 N–H and O–H groups in total. The van der Waals surface area contributed by atoms with Gasteiger partial charge in [-0.3, -0.25) is 14.6 Å². The van der Waals surface area contributed by atoms with Crippen LogP contribution < -0.4 is 5.73 Å². The minimum Gasteiger partial charge on any atom is -0.329 e. The maximum Gasteiger partial charge on any atom is 0.0547 e. The Labute approximate surface area is 120 Å². The van der Waals surface area contributed by atoms with E-state index < -0.39 is 0 Å². The first-order valence-electron chi connectivity index (χ1n) is 6.84. The van der Waals surface area contributed by atoms with E-state index in [-0.39, 0.29) is 6.04 Å². The van der Waals surface area contributed by atoms with Gasteiger partial charge in [0.05, 0.1) is 17.9 Å². The van der Waals surface area contributed by atoms with Gasteiger partial charge in [-0.2, -0.15) is 5.10 Å². The van der Waals surface area contributed by atoms with Crippen molar-refractivity contribution < 1.29 is 0 Å². The lowest BCUT2D eigenvalue weighted by molar-refractivity contribution is 0.238. The van der Waals surface area contributed by atoms with E-state index in [1.165, 1.54) is 5.56 Å². The number of nitrogens with zero attached hydrogens (tertiary/aromatic N) is 4. The number of hydrogen-bond donors (Lipinski definition) is 1. The van der Waals surface area contributed by atoms with Gasteiger partial charge >= 0.3 is 0 Å². The number of hydrogen-bond acceptors (Lipinski definition) is 4. The molecule has 0 fully saturated rings. The van der Waals surface area contributed by atoms with Crippen molar-refractivity contribution in [1.82, 2.24) is 19.7 Å². The van der Waals surface area contributed by atoms with Crippen LogP contribution >= 0.6 is 0 Å². The van der Waals surface area contributed by atoms with Crippen LogP contribution in [0.15, 0.2) is 24.4 Å². The van der Waals surface area contributed by atoms with Gasteiger partial charge < -0.3 is 5.73 Å². The fourth-order valence-corrected chi connectivity index (χ4v) is 2.44. The SMILES string of the molecule is Cc1cccc(CN(C)C(CN)c2cnn(C)c2C)n1. The van der Waals surface area contributed by atoms with Crippen LogP contribution in [-0.4, -0.2) is 33.3 Å². The largest absolute Gasteiger partial charge is 0.329 e. The van der Waals surface area contributed by atoms with E-state index in [9.17, 15) is 0 Å². The van der Waals surface area contributed by atoms with Crippen molar-refractivity contribution in [3.63, 3.8) is 0 Å². The maximum absolute atomic E-state index is 5.97. The molecule has 0 spiro atoms. The summed E-state index contributed by atoms with van der Waals surface area (Å²) in [6, 6.07) is 6.26. The second-order valence-corrected chi connectivity index (χ2v) is 5.25. The quantitative estimate of drug-likeness (QED) is 0.898. The number of aryl methyl sites for hydroxylation is 2. The van der Waals surface area contributed by atoms with Crippen molar-refractivity contribution in [2.24, 2.45) is 12.8 Å².